The molecule has 2 nitrogen and oxygen atoms in total. The quantitative estimate of drug-likeness (QED) is 0.822. The molecule has 2 aromatic carbocycles. The van der Waals surface area contributed by atoms with Crippen LogP contribution in [0.4, 0.5) is 0 Å². The fourth-order valence-corrected chi connectivity index (χ4v) is 3.53. The first-order valence-corrected chi connectivity index (χ1v) is 8.23. The number of aliphatic carboxylic acids is 1. The van der Waals surface area contributed by atoms with Crippen LogP contribution in [0.15, 0.2) is 60.7 Å². The molecule has 110 valence electrons. The molecule has 0 aliphatic carbocycles. The van der Waals surface area contributed by atoms with Gasteiger partial charge in [-0.05, 0) is 17.0 Å². The lowest BCUT2D eigenvalue weighted by molar-refractivity contribution is -0.141. The van der Waals surface area contributed by atoms with E-state index in [2.05, 4.69) is 12.1 Å². The van der Waals surface area contributed by atoms with Gasteiger partial charge in [-0.25, -0.2) is 0 Å². The zero-order chi connectivity index (χ0) is 15.1. The monoisotopic (exact) mass is 300 g/mol. The van der Waals surface area contributed by atoms with Crippen molar-refractivity contribution in [2.45, 2.75) is 18.6 Å². The SMILES string of the molecule is C[C@@H](c1ccccc1)[C@H](CSCc1ccccc1)C(=O)O. The normalized spacial score (nSPS) is 13.6. The molecule has 0 aromatic heterocycles. The van der Waals surface area contributed by atoms with E-state index in [-0.39, 0.29) is 11.8 Å². The Morgan fingerprint density at radius 3 is 2.19 bits per heavy atom. The van der Waals surface area contributed by atoms with Crippen molar-refractivity contribution in [1.29, 1.82) is 0 Å². The molecule has 3 heteroatoms. The fraction of sp³-hybridized carbons (Fsp3) is 0.278. The number of carboxylic acid groups (broad SMARTS) is 1. The van der Waals surface area contributed by atoms with E-state index in [4.69, 9.17) is 0 Å². The number of hydrogen-bond donors (Lipinski definition) is 1. The Hall–Kier alpha value is -1.74. The highest BCUT2D eigenvalue weighted by Crippen LogP contribution is 2.28. The van der Waals surface area contributed by atoms with E-state index >= 15 is 0 Å². The molecule has 0 spiro atoms. The minimum Gasteiger partial charge on any atom is -0.481 e. The average molecular weight is 300 g/mol. The molecule has 0 aliphatic heterocycles. The molecule has 0 amide bonds. The molecule has 21 heavy (non-hydrogen) atoms. The second-order valence-electron chi connectivity index (χ2n) is 5.14. The third-order valence-electron chi connectivity index (χ3n) is 3.66. The Morgan fingerprint density at radius 1 is 1.05 bits per heavy atom. The van der Waals surface area contributed by atoms with Gasteiger partial charge in [-0.3, -0.25) is 4.79 Å². The molecule has 2 aromatic rings. The molecule has 2 atom stereocenters. The van der Waals surface area contributed by atoms with E-state index < -0.39 is 5.97 Å². The topological polar surface area (TPSA) is 37.3 Å². The lowest BCUT2D eigenvalue weighted by atomic mass is 9.89. The summed E-state index contributed by atoms with van der Waals surface area (Å²) in [6.45, 7) is 2.00. The average Bonchev–Trinajstić information content (AvgIpc) is 2.52. The maximum absolute atomic E-state index is 11.5. The number of benzene rings is 2. The van der Waals surface area contributed by atoms with Gasteiger partial charge in [0.1, 0.15) is 0 Å². The van der Waals surface area contributed by atoms with Crippen molar-refractivity contribution >= 4 is 17.7 Å². The molecular formula is C18H20O2S. The highest BCUT2D eigenvalue weighted by molar-refractivity contribution is 7.98. The highest BCUT2D eigenvalue weighted by atomic mass is 32.2. The van der Waals surface area contributed by atoms with Crippen LogP contribution in [0, 0.1) is 5.92 Å². The minimum absolute atomic E-state index is 0.0203. The van der Waals surface area contributed by atoms with E-state index in [9.17, 15) is 9.90 Å². The van der Waals surface area contributed by atoms with Crippen LogP contribution >= 0.6 is 11.8 Å². The standard InChI is InChI=1S/C18H20O2S/c1-14(16-10-6-3-7-11-16)17(18(19)20)13-21-12-15-8-4-2-5-9-15/h2-11,14,17H,12-13H2,1H3,(H,19,20)/t14-,17-/m0/s1. The van der Waals surface area contributed by atoms with Crippen molar-refractivity contribution in [3.63, 3.8) is 0 Å². The van der Waals surface area contributed by atoms with Crippen molar-refractivity contribution in [2.75, 3.05) is 5.75 Å². The molecule has 0 fully saturated rings. The van der Waals surface area contributed by atoms with Gasteiger partial charge in [-0.15, -0.1) is 0 Å². The van der Waals surface area contributed by atoms with E-state index in [0.29, 0.717) is 5.75 Å². The Kier molecular flexibility index (Phi) is 5.88. The molecule has 2 rings (SSSR count). The molecule has 0 aliphatic rings. The van der Waals surface area contributed by atoms with Gasteiger partial charge in [0.25, 0.3) is 0 Å². The van der Waals surface area contributed by atoms with Crippen LogP contribution in [0.1, 0.15) is 24.0 Å². The zero-order valence-electron chi connectivity index (χ0n) is 12.1. The van der Waals surface area contributed by atoms with Crippen molar-refractivity contribution in [1.82, 2.24) is 0 Å². The van der Waals surface area contributed by atoms with Crippen molar-refractivity contribution in [2.24, 2.45) is 5.92 Å². The second kappa shape index (κ2) is 7.89. The van der Waals surface area contributed by atoms with Gasteiger partial charge in [-0.2, -0.15) is 11.8 Å². The first-order chi connectivity index (χ1) is 10.2. The van der Waals surface area contributed by atoms with Gasteiger partial charge in [0.15, 0.2) is 0 Å². The lowest BCUT2D eigenvalue weighted by Crippen LogP contribution is -2.22. The van der Waals surface area contributed by atoms with Crippen LogP contribution in [0.5, 0.6) is 0 Å². The molecular weight excluding hydrogens is 280 g/mol. The van der Waals surface area contributed by atoms with E-state index in [0.717, 1.165) is 11.3 Å². The summed E-state index contributed by atoms with van der Waals surface area (Å²) in [6, 6.07) is 20.0. The Labute approximate surface area is 130 Å². The third-order valence-corrected chi connectivity index (χ3v) is 4.79. The van der Waals surface area contributed by atoms with Gasteiger partial charge in [0.05, 0.1) is 5.92 Å². The maximum atomic E-state index is 11.5. The first-order valence-electron chi connectivity index (χ1n) is 7.08. The highest BCUT2D eigenvalue weighted by Gasteiger charge is 2.25. The second-order valence-corrected chi connectivity index (χ2v) is 6.18. The van der Waals surface area contributed by atoms with Crippen molar-refractivity contribution in [3.05, 3.63) is 71.8 Å². The molecule has 0 radical (unpaired) electrons. The largest absolute Gasteiger partial charge is 0.481 e. The summed E-state index contributed by atoms with van der Waals surface area (Å²) in [5, 5.41) is 9.49. The summed E-state index contributed by atoms with van der Waals surface area (Å²) in [7, 11) is 0. The summed E-state index contributed by atoms with van der Waals surface area (Å²) < 4.78 is 0. The summed E-state index contributed by atoms with van der Waals surface area (Å²) in [5.74, 6) is 0.423. The van der Waals surface area contributed by atoms with E-state index in [1.54, 1.807) is 11.8 Å². The fourth-order valence-electron chi connectivity index (χ4n) is 2.30. The van der Waals surface area contributed by atoms with Crippen LogP contribution < -0.4 is 0 Å². The zero-order valence-corrected chi connectivity index (χ0v) is 12.9. The van der Waals surface area contributed by atoms with Gasteiger partial charge >= 0.3 is 5.97 Å². The van der Waals surface area contributed by atoms with Crippen LogP contribution in [-0.2, 0) is 10.5 Å². The minimum atomic E-state index is -0.716. The molecule has 0 unspecified atom stereocenters. The summed E-state index contributed by atoms with van der Waals surface area (Å²) in [5.41, 5.74) is 2.32. The van der Waals surface area contributed by atoms with E-state index in [1.807, 2.05) is 55.5 Å². The van der Waals surface area contributed by atoms with Crippen LogP contribution in [-0.4, -0.2) is 16.8 Å². The van der Waals surface area contributed by atoms with E-state index in [1.165, 1.54) is 5.56 Å². The Bertz CT molecular complexity index is 554. The number of carboxylic acids is 1. The summed E-state index contributed by atoms with van der Waals surface area (Å²) in [4.78, 5) is 11.5. The van der Waals surface area contributed by atoms with Crippen LogP contribution in [0.3, 0.4) is 0 Å². The lowest BCUT2D eigenvalue weighted by Gasteiger charge is -2.20. The molecule has 0 heterocycles. The van der Waals surface area contributed by atoms with Gasteiger partial charge in [0.2, 0.25) is 0 Å². The third kappa shape index (κ3) is 4.64. The van der Waals surface area contributed by atoms with Crippen molar-refractivity contribution < 1.29 is 9.90 Å². The molecule has 0 saturated heterocycles. The number of rotatable bonds is 7. The van der Waals surface area contributed by atoms with Gasteiger partial charge < -0.3 is 5.11 Å². The van der Waals surface area contributed by atoms with Crippen LogP contribution in [0.2, 0.25) is 0 Å². The maximum Gasteiger partial charge on any atom is 0.307 e. The van der Waals surface area contributed by atoms with Crippen LogP contribution in [0.25, 0.3) is 0 Å². The number of thioether (sulfide) groups is 1. The number of carbonyl (C=O) groups is 1. The summed E-state index contributed by atoms with van der Waals surface area (Å²) in [6.07, 6.45) is 0. The Balaban J connectivity index is 1.95. The number of hydrogen-bond acceptors (Lipinski definition) is 2. The molecule has 1 N–H and O–H groups in total. The predicted molar refractivity (Wildman–Crippen MR) is 88.6 cm³/mol. The molecule has 0 saturated carbocycles. The predicted octanol–water partition coefficient (Wildman–Crippen LogP) is 4.42. The first kappa shape index (κ1) is 15.6. The Morgan fingerprint density at radius 2 is 1.62 bits per heavy atom. The van der Waals surface area contributed by atoms with Crippen molar-refractivity contribution in [3.8, 4) is 0 Å². The van der Waals surface area contributed by atoms with Gasteiger partial charge in [-0.1, -0.05) is 67.6 Å². The summed E-state index contributed by atoms with van der Waals surface area (Å²) >= 11 is 1.68. The smallest absolute Gasteiger partial charge is 0.307 e. The molecule has 0 bridgehead atoms. The van der Waals surface area contributed by atoms with Gasteiger partial charge in [0, 0.05) is 11.5 Å².